The Bertz CT molecular complexity index is 575. The summed E-state index contributed by atoms with van der Waals surface area (Å²) >= 11 is 0. The molecule has 1 aliphatic carbocycles. The molecule has 2 aromatic carbocycles. The third kappa shape index (κ3) is 1.52. The number of fused-ring (bicyclic) bond motifs is 3. The first kappa shape index (κ1) is 11.5. The highest BCUT2D eigenvalue weighted by molar-refractivity contribution is 5.76. The van der Waals surface area contributed by atoms with Crippen LogP contribution in [0.2, 0.25) is 0 Å². The maximum Gasteiger partial charge on any atom is -0.0146 e. The van der Waals surface area contributed by atoms with E-state index in [2.05, 4.69) is 52.0 Å². The molecule has 0 radical (unpaired) electrons. The van der Waals surface area contributed by atoms with Crippen molar-refractivity contribution in [3.05, 3.63) is 57.6 Å². The zero-order valence-electron chi connectivity index (χ0n) is 11.7. The van der Waals surface area contributed by atoms with Crippen molar-refractivity contribution in [2.45, 2.75) is 40.5 Å². The molecule has 0 atom stereocenters. The molecular formula is C18H20. The van der Waals surface area contributed by atoms with Crippen LogP contribution in [-0.2, 0) is 12.8 Å². The second-order valence-corrected chi connectivity index (χ2v) is 5.57. The molecule has 0 aliphatic heterocycles. The van der Waals surface area contributed by atoms with E-state index in [0.29, 0.717) is 0 Å². The molecule has 0 saturated heterocycles. The van der Waals surface area contributed by atoms with Crippen molar-refractivity contribution >= 4 is 0 Å². The standard InChI is InChI=1S/C18H20/c1-11-5-7-17-15(13(11)3)9-10-16-14(4)12(2)6-8-18(16)17/h5-8H,9-10H2,1-4H3. The van der Waals surface area contributed by atoms with Gasteiger partial charge in [-0.1, -0.05) is 24.3 Å². The van der Waals surface area contributed by atoms with Gasteiger partial charge in [0.05, 0.1) is 0 Å². The summed E-state index contributed by atoms with van der Waals surface area (Å²) in [4.78, 5) is 0. The zero-order valence-corrected chi connectivity index (χ0v) is 11.7. The Labute approximate surface area is 110 Å². The van der Waals surface area contributed by atoms with Crippen LogP contribution in [0.15, 0.2) is 24.3 Å². The highest BCUT2D eigenvalue weighted by atomic mass is 14.2. The molecule has 0 N–H and O–H groups in total. The Morgan fingerprint density at radius 1 is 0.611 bits per heavy atom. The predicted molar refractivity (Wildman–Crippen MR) is 78.2 cm³/mol. The summed E-state index contributed by atoms with van der Waals surface area (Å²) in [7, 11) is 0. The topological polar surface area (TPSA) is 0 Å². The van der Waals surface area contributed by atoms with Crippen LogP contribution in [0.3, 0.4) is 0 Å². The first-order valence-electron chi connectivity index (χ1n) is 6.78. The van der Waals surface area contributed by atoms with E-state index >= 15 is 0 Å². The highest BCUT2D eigenvalue weighted by Crippen LogP contribution is 2.38. The summed E-state index contributed by atoms with van der Waals surface area (Å²) in [6.07, 6.45) is 2.39. The van der Waals surface area contributed by atoms with Crippen molar-refractivity contribution in [3.63, 3.8) is 0 Å². The van der Waals surface area contributed by atoms with Gasteiger partial charge in [0.25, 0.3) is 0 Å². The molecule has 0 heterocycles. The Morgan fingerprint density at radius 2 is 1.00 bits per heavy atom. The van der Waals surface area contributed by atoms with E-state index in [0.717, 1.165) is 0 Å². The SMILES string of the molecule is Cc1ccc2c(c1C)CCc1c-2ccc(C)c1C. The maximum atomic E-state index is 2.31. The lowest BCUT2D eigenvalue weighted by Gasteiger charge is -2.25. The monoisotopic (exact) mass is 236 g/mol. The number of rotatable bonds is 0. The van der Waals surface area contributed by atoms with Crippen molar-refractivity contribution in [2.75, 3.05) is 0 Å². The van der Waals surface area contributed by atoms with Crippen LogP contribution in [-0.4, -0.2) is 0 Å². The van der Waals surface area contributed by atoms with E-state index in [9.17, 15) is 0 Å². The molecule has 0 fully saturated rings. The van der Waals surface area contributed by atoms with Gasteiger partial charge in [-0.15, -0.1) is 0 Å². The van der Waals surface area contributed by atoms with E-state index in [1.165, 1.54) is 46.2 Å². The normalized spacial score (nSPS) is 13.1. The fraction of sp³-hybridized carbons (Fsp3) is 0.333. The number of benzene rings is 2. The van der Waals surface area contributed by atoms with Gasteiger partial charge in [0.1, 0.15) is 0 Å². The molecule has 0 saturated carbocycles. The van der Waals surface area contributed by atoms with Gasteiger partial charge in [0, 0.05) is 0 Å². The van der Waals surface area contributed by atoms with Gasteiger partial charge in [-0.25, -0.2) is 0 Å². The van der Waals surface area contributed by atoms with Crippen molar-refractivity contribution in [1.82, 2.24) is 0 Å². The van der Waals surface area contributed by atoms with Gasteiger partial charge in [-0.3, -0.25) is 0 Å². The molecule has 1 aliphatic rings. The van der Waals surface area contributed by atoms with Gasteiger partial charge < -0.3 is 0 Å². The molecule has 0 amide bonds. The zero-order chi connectivity index (χ0) is 12.9. The van der Waals surface area contributed by atoms with Gasteiger partial charge in [-0.05, 0) is 85.0 Å². The van der Waals surface area contributed by atoms with Gasteiger partial charge in [0.15, 0.2) is 0 Å². The summed E-state index contributed by atoms with van der Waals surface area (Å²) in [6.45, 7) is 8.96. The number of hydrogen-bond donors (Lipinski definition) is 0. The van der Waals surface area contributed by atoms with Gasteiger partial charge in [0.2, 0.25) is 0 Å². The van der Waals surface area contributed by atoms with Crippen LogP contribution in [0.5, 0.6) is 0 Å². The second kappa shape index (κ2) is 3.98. The average molecular weight is 236 g/mol. The fourth-order valence-corrected chi connectivity index (χ4v) is 3.15. The quantitative estimate of drug-likeness (QED) is 0.622. The first-order chi connectivity index (χ1) is 8.59. The van der Waals surface area contributed by atoms with Crippen LogP contribution in [0.1, 0.15) is 33.4 Å². The van der Waals surface area contributed by atoms with Crippen LogP contribution in [0.4, 0.5) is 0 Å². The Hall–Kier alpha value is -1.56. The number of aryl methyl sites for hydroxylation is 2. The van der Waals surface area contributed by atoms with Crippen LogP contribution in [0, 0.1) is 27.7 Å². The third-order valence-corrected chi connectivity index (χ3v) is 4.65. The molecule has 0 aromatic heterocycles. The smallest absolute Gasteiger partial charge is 0.0146 e. The van der Waals surface area contributed by atoms with E-state index in [4.69, 9.17) is 0 Å². The molecule has 0 nitrogen and oxygen atoms in total. The molecule has 18 heavy (non-hydrogen) atoms. The minimum Gasteiger partial charge on any atom is -0.0584 e. The van der Waals surface area contributed by atoms with Crippen molar-refractivity contribution in [2.24, 2.45) is 0 Å². The maximum absolute atomic E-state index is 2.31. The minimum absolute atomic E-state index is 1.19. The van der Waals surface area contributed by atoms with E-state index in [1.807, 2.05) is 0 Å². The lowest BCUT2D eigenvalue weighted by molar-refractivity contribution is 0.914. The predicted octanol–water partition coefficient (Wildman–Crippen LogP) is 4.69. The van der Waals surface area contributed by atoms with E-state index in [-0.39, 0.29) is 0 Å². The largest absolute Gasteiger partial charge is 0.0584 e. The molecule has 2 aromatic rings. The summed E-state index contributed by atoms with van der Waals surface area (Å²) in [5, 5.41) is 0. The minimum atomic E-state index is 1.19. The molecular weight excluding hydrogens is 216 g/mol. The average Bonchev–Trinajstić information content (AvgIpc) is 2.38. The fourth-order valence-electron chi connectivity index (χ4n) is 3.15. The summed E-state index contributed by atoms with van der Waals surface area (Å²) < 4.78 is 0. The van der Waals surface area contributed by atoms with E-state index in [1.54, 1.807) is 11.1 Å². The van der Waals surface area contributed by atoms with Crippen molar-refractivity contribution in [3.8, 4) is 11.1 Å². The lowest BCUT2D eigenvalue weighted by atomic mass is 9.80. The third-order valence-electron chi connectivity index (χ3n) is 4.65. The Morgan fingerprint density at radius 3 is 1.39 bits per heavy atom. The molecule has 0 heteroatoms. The Balaban J connectivity index is 2.31. The van der Waals surface area contributed by atoms with Crippen LogP contribution < -0.4 is 0 Å². The van der Waals surface area contributed by atoms with Gasteiger partial charge in [-0.2, -0.15) is 0 Å². The highest BCUT2D eigenvalue weighted by Gasteiger charge is 2.19. The molecule has 3 rings (SSSR count). The van der Waals surface area contributed by atoms with Crippen molar-refractivity contribution in [1.29, 1.82) is 0 Å². The summed E-state index contributed by atoms with van der Waals surface area (Å²) in [5.74, 6) is 0. The molecule has 92 valence electrons. The van der Waals surface area contributed by atoms with Gasteiger partial charge >= 0.3 is 0 Å². The van der Waals surface area contributed by atoms with E-state index < -0.39 is 0 Å². The summed E-state index contributed by atoms with van der Waals surface area (Å²) in [6, 6.07) is 9.14. The first-order valence-corrected chi connectivity index (χ1v) is 6.78. The summed E-state index contributed by atoms with van der Waals surface area (Å²) in [5.41, 5.74) is 11.8. The number of hydrogen-bond acceptors (Lipinski definition) is 0. The van der Waals surface area contributed by atoms with Crippen molar-refractivity contribution < 1.29 is 0 Å². The molecule has 0 bridgehead atoms. The molecule has 0 spiro atoms. The Kier molecular flexibility index (Phi) is 2.55. The van der Waals surface area contributed by atoms with Crippen LogP contribution in [0.25, 0.3) is 11.1 Å². The molecule has 0 unspecified atom stereocenters. The van der Waals surface area contributed by atoms with Crippen LogP contribution >= 0.6 is 0 Å². The second-order valence-electron chi connectivity index (χ2n) is 5.57. The lowest BCUT2D eigenvalue weighted by Crippen LogP contribution is -2.09.